The monoisotopic (exact) mass is 291 g/mol. The van der Waals surface area contributed by atoms with Crippen molar-refractivity contribution < 1.29 is 9.53 Å². The van der Waals surface area contributed by atoms with E-state index in [0.717, 1.165) is 23.4 Å². The first-order valence-electron chi connectivity index (χ1n) is 6.59. The van der Waals surface area contributed by atoms with Crippen LogP contribution in [0, 0.1) is 6.92 Å². The fraction of sp³-hybridized carbons (Fsp3) is 0.429. The molecule has 3 rings (SSSR count). The second-order valence-corrected chi connectivity index (χ2v) is 5.77. The van der Waals surface area contributed by atoms with Crippen molar-refractivity contribution in [2.45, 2.75) is 25.5 Å². The molecule has 1 saturated heterocycles. The van der Waals surface area contributed by atoms with Crippen molar-refractivity contribution in [3.8, 4) is 0 Å². The van der Waals surface area contributed by atoms with Crippen LogP contribution in [0.1, 0.15) is 34.3 Å². The lowest BCUT2D eigenvalue weighted by Gasteiger charge is -2.19. The molecule has 1 N–H and O–H groups in total. The Bertz CT molecular complexity index is 619. The van der Waals surface area contributed by atoms with Crippen molar-refractivity contribution in [3.63, 3.8) is 0 Å². The molecule has 1 amide bonds. The number of amides is 1. The Morgan fingerprint density at radius 1 is 1.55 bits per heavy atom. The first-order valence-corrected chi connectivity index (χ1v) is 7.53. The summed E-state index contributed by atoms with van der Waals surface area (Å²) >= 11 is 1.54. The maximum atomic E-state index is 12.3. The van der Waals surface area contributed by atoms with Crippen molar-refractivity contribution >= 4 is 17.2 Å². The van der Waals surface area contributed by atoms with E-state index in [1.807, 2.05) is 35.5 Å². The number of carbonyl (C=O) groups is 1. The molecule has 6 heteroatoms. The summed E-state index contributed by atoms with van der Waals surface area (Å²) in [6, 6.07) is -0.0251. The van der Waals surface area contributed by atoms with Gasteiger partial charge in [-0.05, 0) is 24.3 Å². The minimum Gasteiger partial charge on any atom is -0.368 e. The number of aryl methyl sites for hydroxylation is 2. The van der Waals surface area contributed by atoms with Gasteiger partial charge in [0.2, 0.25) is 0 Å². The van der Waals surface area contributed by atoms with Crippen LogP contribution in [0.5, 0.6) is 0 Å². The molecule has 2 aromatic rings. The minimum atomic E-state index is -0.169. The lowest BCUT2D eigenvalue weighted by molar-refractivity contribution is 0.0779. The molecule has 2 atom stereocenters. The third kappa shape index (κ3) is 2.36. The average Bonchev–Trinajstić information content (AvgIpc) is 3.10. The second kappa shape index (κ2) is 5.38. The van der Waals surface area contributed by atoms with Crippen LogP contribution >= 0.6 is 11.3 Å². The largest absolute Gasteiger partial charge is 0.368 e. The molecule has 0 radical (unpaired) electrons. The van der Waals surface area contributed by atoms with Gasteiger partial charge < -0.3 is 14.6 Å². The second-order valence-electron chi connectivity index (χ2n) is 5.02. The van der Waals surface area contributed by atoms with Gasteiger partial charge in [-0.2, -0.15) is 11.3 Å². The summed E-state index contributed by atoms with van der Waals surface area (Å²) < 4.78 is 7.68. The molecule has 20 heavy (non-hydrogen) atoms. The van der Waals surface area contributed by atoms with Gasteiger partial charge in [0.25, 0.3) is 5.91 Å². The van der Waals surface area contributed by atoms with Crippen LogP contribution in [0.3, 0.4) is 0 Å². The Morgan fingerprint density at radius 2 is 2.40 bits per heavy atom. The normalized spacial score (nSPS) is 22.1. The van der Waals surface area contributed by atoms with E-state index in [-0.39, 0.29) is 18.1 Å². The summed E-state index contributed by atoms with van der Waals surface area (Å²) in [5, 5.41) is 6.94. The number of hydrogen-bond donors (Lipinski definition) is 1. The molecule has 0 unspecified atom stereocenters. The van der Waals surface area contributed by atoms with E-state index >= 15 is 0 Å². The van der Waals surface area contributed by atoms with E-state index in [1.165, 1.54) is 0 Å². The first kappa shape index (κ1) is 13.3. The SMILES string of the molecule is Cc1cscc1C(=O)N[C@H]1CCO[C@@H]1c1nccn1C. The predicted octanol–water partition coefficient (Wildman–Crippen LogP) is 2.05. The molecule has 0 bridgehead atoms. The number of carbonyl (C=O) groups excluding carboxylic acids is 1. The molecule has 106 valence electrons. The van der Waals surface area contributed by atoms with Crippen molar-refractivity contribution in [3.05, 3.63) is 40.1 Å². The maximum Gasteiger partial charge on any atom is 0.252 e. The fourth-order valence-electron chi connectivity index (χ4n) is 2.48. The van der Waals surface area contributed by atoms with Gasteiger partial charge in [0.15, 0.2) is 0 Å². The van der Waals surface area contributed by atoms with Crippen LogP contribution in [-0.4, -0.2) is 28.1 Å². The average molecular weight is 291 g/mol. The Hall–Kier alpha value is -1.66. The highest BCUT2D eigenvalue weighted by Gasteiger charge is 2.33. The summed E-state index contributed by atoms with van der Waals surface area (Å²) in [6.07, 6.45) is 4.28. The minimum absolute atomic E-state index is 0.0251. The Kier molecular flexibility index (Phi) is 3.58. The van der Waals surface area contributed by atoms with Gasteiger partial charge in [-0.3, -0.25) is 4.79 Å². The third-order valence-electron chi connectivity index (χ3n) is 3.62. The van der Waals surface area contributed by atoms with Crippen LogP contribution in [-0.2, 0) is 11.8 Å². The summed E-state index contributed by atoms with van der Waals surface area (Å²) in [5.41, 5.74) is 1.76. The molecule has 5 nitrogen and oxygen atoms in total. The fourth-order valence-corrected chi connectivity index (χ4v) is 3.31. The molecule has 2 aromatic heterocycles. The number of rotatable bonds is 3. The standard InChI is InChI=1S/C14H17N3O2S/c1-9-7-20-8-10(9)14(18)16-11-3-6-19-12(11)13-15-4-5-17(13)2/h4-5,7-8,11-12H,3,6H2,1-2H3,(H,16,18)/t11-,12-/m0/s1. The molecule has 1 fully saturated rings. The number of ether oxygens (including phenoxy) is 1. The number of aromatic nitrogens is 2. The van der Waals surface area contributed by atoms with Crippen LogP contribution in [0.15, 0.2) is 23.2 Å². The van der Waals surface area contributed by atoms with Crippen LogP contribution in [0.2, 0.25) is 0 Å². The highest BCUT2D eigenvalue weighted by Crippen LogP contribution is 2.28. The molecular formula is C14H17N3O2S. The molecule has 1 aliphatic rings. The van der Waals surface area contributed by atoms with Gasteiger partial charge in [0.1, 0.15) is 11.9 Å². The van der Waals surface area contributed by atoms with Crippen molar-refractivity contribution in [1.29, 1.82) is 0 Å². The van der Waals surface area contributed by atoms with Gasteiger partial charge in [-0.1, -0.05) is 0 Å². The predicted molar refractivity (Wildman–Crippen MR) is 76.8 cm³/mol. The number of thiophene rings is 1. The van der Waals surface area contributed by atoms with E-state index < -0.39 is 0 Å². The highest BCUT2D eigenvalue weighted by atomic mass is 32.1. The highest BCUT2D eigenvalue weighted by molar-refractivity contribution is 7.08. The van der Waals surface area contributed by atoms with E-state index in [0.29, 0.717) is 6.61 Å². The lowest BCUT2D eigenvalue weighted by atomic mass is 10.1. The van der Waals surface area contributed by atoms with Gasteiger partial charge in [0, 0.05) is 31.4 Å². The molecule has 3 heterocycles. The Morgan fingerprint density at radius 3 is 3.05 bits per heavy atom. The molecule has 0 saturated carbocycles. The summed E-state index contributed by atoms with van der Waals surface area (Å²) in [7, 11) is 1.94. The van der Waals surface area contributed by atoms with Crippen LogP contribution in [0.25, 0.3) is 0 Å². The summed E-state index contributed by atoms with van der Waals surface area (Å²) in [5.74, 6) is 0.827. The first-order chi connectivity index (χ1) is 9.66. The number of imidazole rings is 1. The third-order valence-corrected chi connectivity index (χ3v) is 4.48. The zero-order valence-electron chi connectivity index (χ0n) is 11.5. The van der Waals surface area contributed by atoms with Crippen LogP contribution < -0.4 is 5.32 Å². The van der Waals surface area contributed by atoms with Gasteiger partial charge in [0.05, 0.1) is 11.6 Å². The van der Waals surface area contributed by atoms with Crippen molar-refractivity contribution in [2.75, 3.05) is 6.61 Å². The van der Waals surface area contributed by atoms with Crippen molar-refractivity contribution in [2.24, 2.45) is 7.05 Å². The topological polar surface area (TPSA) is 56.1 Å². The molecule has 1 aliphatic heterocycles. The van der Waals surface area contributed by atoms with E-state index in [9.17, 15) is 4.79 Å². The van der Waals surface area contributed by atoms with Crippen molar-refractivity contribution in [1.82, 2.24) is 14.9 Å². The Labute approximate surface area is 121 Å². The summed E-state index contributed by atoms with van der Waals surface area (Å²) in [6.45, 7) is 2.60. The molecule has 0 aromatic carbocycles. The molecule has 0 aliphatic carbocycles. The van der Waals surface area contributed by atoms with Crippen LogP contribution in [0.4, 0.5) is 0 Å². The van der Waals surface area contributed by atoms with Gasteiger partial charge in [-0.25, -0.2) is 4.98 Å². The summed E-state index contributed by atoms with van der Waals surface area (Å²) in [4.78, 5) is 16.6. The quantitative estimate of drug-likeness (QED) is 0.941. The molecule has 0 spiro atoms. The number of nitrogens with one attached hydrogen (secondary N) is 1. The Balaban J connectivity index is 1.75. The lowest BCUT2D eigenvalue weighted by Crippen LogP contribution is -2.37. The van der Waals surface area contributed by atoms with Gasteiger partial charge >= 0.3 is 0 Å². The number of hydrogen-bond acceptors (Lipinski definition) is 4. The maximum absolute atomic E-state index is 12.3. The smallest absolute Gasteiger partial charge is 0.252 e. The van der Waals surface area contributed by atoms with E-state index in [1.54, 1.807) is 17.5 Å². The zero-order valence-corrected chi connectivity index (χ0v) is 12.3. The van der Waals surface area contributed by atoms with E-state index in [2.05, 4.69) is 10.3 Å². The zero-order chi connectivity index (χ0) is 14.1. The molecular weight excluding hydrogens is 274 g/mol. The van der Waals surface area contributed by atoms with E-state index in [4.69, 9.17) is 4.74 Å². The van der Waals surface area contributed by atoms with Gasteiger partial charge in [-0.15, -0.1) is 0 Å². The number of nitrogens with zero attached hydrogens (tertiary/aromatic N) is 2.